The Kier molecular flexibility index (Phi) is 3.79. The number of aryl methyl sites for hydroxylation is 1. The number of rotatable bonds is 3. The summed E-state index contributed by atoms with van der Waals surface area (Å²) in [5, 5.41) is 4.37. The van der Waals surface area contributed by atoms with Crippen molar-refractivity contribution in [2.45, 2.75) is 0 Å². The molecule has 0 radical (unpaired) electrons. The molecule has 25 heavy (non-hydrogen) atoms. The monoisotopic (exact) mass is 342 g/mol. The van der Waals surface area contributed by atoms with Crippen LogP contribution in [0.3, 0.4) is 0 Å². The van der Waals surface area contributed by atoms with Crippen molar-refractivity contribution in [2.24, 2.45) is 7.05 Å². The largest absolute Gasteiger partial charge is 0.454 e. The molecule has 0 saturated carbocycles. The van der Waals surface area contributed by atoms with Gasteiger partial charge in [0.25, 0.3) is 5.91 Å². The van der Waals surface area contributed by atoms with Crippen LogP contribution in [0.15, 0.2) is 24.3 Å². The molecule has 0 atom stereocenters. The van der Waals surface area contributed by atoms with Crippen molar-refractivity contribution in [2.75, 3.05) is 33.0 Å². The smallest absolute Gasteiger partial charge is 0.274 e. The second-order valence-corrected chi connectivity index (χ2v) is 6.04. The predicted molar refractivity (Wildman–Crippen MR) is 88.3 cm³/mol. The lowest BCUT2D eigenvalue weighted by molar-refractivity contribution is -0.119. The van der Waals surface area contributed by atoms with E-state index in [1.54, 1.807) is 27.6 Å². The first-order chi connectivity index (χ1) is 12.2. The number of benzene rings is 1. The Hall–Kier alpha value is -3.03. The van der Waals surface area contributed by atoms with E-state index < -0.39 is 0 Å². The Morgan fingerprint density at radius 2 is 1.88 bits per heavy atom. The molecule has 0 aliphatic carbocycles. The molecule has 4 rings (SSSR count). The zero-order chi connectivity index (χ0) is 17.4. The highest BCUT2D eigenvalue weighted by Crippen LogP contribution is 2.36. The lowest BCUT2D eigenvalue weighted by atomic mass is 10.1. The van der Waals surface area contributed by atoms with Crippen molar-refractivity contribution >= 4 is 12.3 Å². The first-order valence-electron chi connectivity index (χ1n) is 8.08. The van der Waals surface area contributed by atoms with Gasteiger partial charge in [0.05, 0.1) is 5.69 Å². The summed E-state index contributed by atoms with van der Waals surface area (Å²) in [6, 6.07) is 7.44. The normalized spacial score (nSPS) is 16.2. The molecular formula is C17H18N4O4. The van der Waals surface area contributed by atoms with Crippen molar-refractivity contribution in [3.8, 4) is 22.8 Å². The highest BCUT2D eigenvalue weighted by atomic mass is 16.7. The van der Waals surface area contributed by atoms with Gasteiger partial charge in [0.15, 0.2) is 17.2 Å². The summed E-state index contributed by atoms with van der Waals surface area (Å²) in [4.78, 5) is 26.9. The highest BCUT2D eigenvalue weighted by molar-refractivity contribution is 5.93. The molecule has 1 fully saturated rings. The SMILES string of the molecule is Cn1nc(C(=O)N2CCN(C=O)CC2)cc1-c1ccc2c(c1)OCO2. The maximum atomic E-state index is 12.7. The number of ether oxygens (including phenoxy) is 2. The number of nitrogens with zero attached hydrogens (tertiary/aromatic N) is 4. The third-order valence-corrected chi connectivity index (χ3v) is 4.52. The third-order valence-electron chi connectivity index (χ3n) is 4.52. The molecular weight excluding hydrogens is 324 g/mol. The number of aromatic nitrogens is 2. The quantitative estimate of drug-likeness (QED) is 0.769. The van der Waals surface area contributed by atoms with Gasteiger partial charge in [0.2, 0.25) is 13.2 Å². The Morgan fingerprint density at radius 1 is 1.12 bits per heavy atom. The Labute approximate surface area is 144 Å². The average Bonchev–Trinajstić information content (AvgIpc) is 3.26. The van der Waals surface area contributed by atoms with Gasteiger partial charge in [0, 0.05) is 38.8 Å². The number of hydrogen-bond acceptors (Lipinski definition) is 5. The summed E-state index contributed by atoms with van der Waals surface area (Å²) in [7, 11) is 1.81. The van der Waals surface area contributed by atoms with Crippen molar-refractivity contribution in [3.05, 3.63) is 30.0 Å². The summed E-state index contributed by atoms with van der Waals surface area (Å²) in [6.07, 6.45) is 0.820. The molecule has 8 heteroatoms. The summed E-state index contributed by atoms with van der Waals surface area (Å²) >= 11 is 0. The molecule has 2 amide bonds. The van der Waals surface area contributed by atoms with Crippen LogP contribution < -0.4 is 9.47 Å². The zero-order valence-corrected chi connectivity index (χ0v) is 13.8. The van der Waals surface area contributed by atoms with E-state index in [0.717, 1.165) is 23.4 Å². The van der Waals surface area contributed by atoms with E-state index in [1.807, 2.05) is 18.2 Å². The Morgan fingerprint density at radius 3 is 2.64 bits per heavy atom. The van der Waals surface area contributed by atoms with Crippen LogP contribution >= 0.6 is 0 Å². The molecule has 2 aliphatic rings. The summed E-state index contributed by atoms with van der Waals surface area (Å²) in [6.45, 7) is 2.37. The Bertz CT molecular complexity index is 824. The van der Waals surface area contributed by atoms with Crippen molar-refractivity contribution < 1.29 is 19.1 Å². The first kappa shape index (κ1) is 15.5. The lowest BCUT2D eigenvalue weighted by Gasteiger charge is -2.32. The fraction of sp³-hybridized carbons (Fsp3) is 0.353. The van der Waals surface area contributed by atoms with Crippen LogP contribution in [0.2, 0.25) is 0 Å². The van der Waals surface area contributed by atoms with E-state index in [-0.39, 0.29) is 12.7 Å². The van der Waals surface area contributed by atoms with Crippen LogP contribution in [0.1, 0.15) is 10.5 Å². The highest BCUT2D eigenvalue weighted by Gasteiger charge is 2.24. The minimum absolute atomic E-state index is 0.117. The van der Waals surface area contributed by atoms with Crippen LogP contribution in [0, 0.1) is 0 Å². The fourth-order valence-corrected chi connectivity index (χ4v) is 3.09. The van der Waals surface area contributed by atoms with Crippen LogP contribution in [0.25, 0.3) is 11.3 Å². The van der Waals surface area contributed by atoms with Crippen LogP contribution in [0.4, 0.5) is 0 Å². The number of carbonyl (C=O) groups is 2. The molecule has 0 spiro atoms. The first-order valence-corrected chi connectivity index (χ1v) is 8.08. The summed E-state index contributed by atoms with van der Waals surface area (Å²) < 4.78 is 12.4. The van der Waals surface area contributed by atoms with E-state index in [9.17, 15) is 9.59 Å². The number of amides is 2. The van der Waals surface area contributed by atoms with E-state index in [1.165, 1.54) is 0 Å². The van der Waals surface area contributed by atoms with Gasteiger partial charge in [-0.05, 0) is 24.3 Å². The fourth-order valence-electron chi connectivity index (χ4n) is 3.09. The lowest BCUT2D eigenvalue weighted by Crippen LogP contribution is -2.48. The van der Waals surface area contributed by atoms with Crippen LogP contribution in [-0.2, 0) is 11.8 Å². The predicted octanol–water partition coefficient (Wildman–Crippen LogP) is 0.730. The summed E-state index contributed by atoms with van der Waals surface area (Å²) in [5.41, 5.74) is 2.13. The maximum absolute atomic E-state index is 12.7. The molecule has 0 unspecified atom stereocenters. The minimum atomic E-state index is -0.117. The second kappa shape index (κ2) is 6.12. The van der Waals surface area contributed by atoms with Gasteiger partial charge in [-0.15, -0.1) is 0 Å². The van der Waals surface area contributed by atoms with Gasteiger partial charge in [-0.1, -0.05) is 0 Å². The summed E-state index contributed by atoms with van der Waals surface area (Å²) in [5.74, 6) is 1.29. The van der Waals surface area contributed by atoms with Crippen LogP contribution in [-0.4, -0.2) is 64.9 Å². The molecule has 1 saturated heterocycles. The molecule has 1 aromatic carbocycles. The molecule has 130 valence electrons. The average molecular weight is 342 g/mol. The molecule has 2 aromatic rings. The standard InChI is InChI=1S/C17H18N4O4/c1-19-14(12-2-3-15-16(8-12)25-11-24-15)9-13(18-19)17(23)21-6-4-20(10-22)5-7-21/h2-3,8-10H,4-7,11H2,1H3. The van der Waals surface area contributed by atoms with E-state index in [0.29, 0.717) is 37.6 Å². The van der Waals surface area contributed by atoms with E-state index >= 15 is 0 Å². The third kappa shape index (κ3) is 2.79. The zero-order valence-electron chi connectivity index (χ0n) is 13.8. The van der Waals surface area contributed by atoms with Gasteiger partial charge in [-0.3, -0.25) is 14.3 Å². The van der Waals surface area contributed by atoms with E-state index in [4.69, 9.17) is 9.47 Å². The number of piperazine rings is 1. The van der Waals surface area contributed by atoms with Gasteiger partial charge in [-0.2, -0.15) is 5.10 Å². The van der Waals surface area contributed by atoms with Gasteiger partial charge in [0.1, 0.15) is 0 Å². The topological polar surface area (TPSA) is 76.9 Å². The van der Waals surface area contributed by atoms with Gasteiger partial charge in [-0.25, -0.2) is 0 Å². The van der Waals surface area contributed by atoms with Gasteiger partial charge >= 0.3 is 0 Å². The number of hydrogen-bond donors (Lipinski definition) is 0. The molecule has 8 nitrogen and oxygen atoms in total. The number of carbonyl (C=O) groups excluding carboxylic acids is 2. The van der Waals surface area contributed by atoms with Crippen molar-refractivity contribution in [1.82, 2.24) is 19.6 Å². The van der Waals surface area contributed by atoms with Gasteiger partial charge < -0.3 is 19.3 Å². The minimum Gasteiger partial charge on any atom is -0.454 e. The molecule has 0 bridgehead atoms. The molecule has 2 aliphatic heterocycles. The Balaban J connectivity index is 1.56. The van der Waals surface area contributed by atoms with Crippen molar-refractivity contribution in [1.29, 1.82) is 0 Å². The molecule has 3 heterocycles. The van der Waals surface area contributed by atoms with Crippen molar-refractivity contribution in [3.63, 3.8) is 0 Å². The molecule has 1 aromatic heterocycles. The van der Waals surface area contributed by atoms with E-state index in [2.05, 4.69) is 5.10 Å². The number of fused-ring (bicyclic) bond motifs is 1. The second-order valence-electron chi connectivity index (χ2n) is 6.04. The molecule has 0 N–H and O–H groups in total. The van der Waals surface area contributed by atoms with Crippen LogP contribution in [0.5, 0.6) is 11.5 Å². The maximum Gasteiger partial charge on any atom is 0.274 e.